The molecule has 0 bridgehead atoms. The van der Waals surface area contributed by atoms with Crippen LogP contribution in [0.4, 0.5) is 0 Å². The van der Waals surface area contributed by atoms with Crippen LogP contribution in [0.25, 0.3) is 0 Å². The van der Waals surface area contributed by atoms with Crippen LogP contribution in [-0.2, 0) is 0 Å². The number of aliphatic hydroxyl groups is 1. The lowest BCUT2D eigenvalue weighted by Gasteiger charge is -2.37. The highest BCUT2D eigenvalue weighted by atomic mass is 16.3. The molecular formula is C9H19NO. The minimum Gasteiger partial charge on any atom is -0.393 e. The number of nitrogens with two attached hydrogens (primary N) is 1. The molecule has 0 saturated heterocycles. The first kappa shape index (κ1) is 9.01. The van der Waals surface area contributed by atoms with E-state index in [-0.39, 0.29) is 6.10 Å². The van der Waals surface area contributed by atoms with Gasteiger partial charge in [0.25, 0.3) is 0 Å². The van der Waals surface area contributed by atoms with Crippen LogP contribution in [0.5, 0.6) is 0 Å². The fourth-order valence-corrected chi connectivity index (χ4v) is 2.23. The van der Waals surface area contributed by atoms with Gasteiger partial charge in [0.2, 0.25) is 0 Å². The summed E-state index contributed by atoms with van der Waals surface area (Å²) in [5, 5.41) is 9.49. The number of hydrogen-bond donors (Lipinski definition) is 2. The van der Waals surface area contributed by atoms with Gasteiger partial charge in [-0.2, -0.15) is 0 Å². The Labute approximate surface area is 68.8 Å². The maximum atomic E-state index is 9.49. The summed E-state index contributed by atoms with van der Waals surface area (Å²) in [5.41, 5.74) is 5.87. The van der Waals surface area contributed by atoms with Gasteiger partial charge in [0.15, 0.2) is 0 Å². The molecule has 0 heterocycles. The standard InChI is InChI=1S/C9H19NO/c1-9(2)4-7(6-10)3-8(11)5-9/h7-8,11H,3-6,10H2,1-2H3. The molecule has 0 aliphatic heterocycles. The Bertz CT molecular complexity index is 134. The molecule has 0 aromatic carbocycles. The van der Waals surface area contributed by atoms with Crippen molar-refractivity contribution in [3.63, 3.8) is 0 Å². The van der Waals surface area contributed by atoms with Crippen molar-refractivity contribution < 1.29 is 5.11 Å². The van der Waals surface area contributed by atoms with Crippen LogP contribution < -0.4 is 5.73 Å². The summed E-state index contributed by atoms with van der Waals surface area (Å²) in [7, 11) is 0. The van der Waals surface area contributed by atoms with Crippen LogP contribution in [0.2, 0.25) is 0 Å². The van der Waals surface area contributed by atoms with Gasteiger partial charge in [0.1, 0.15) is 0 Å². The van der Waals surface area contributed by atoms with E-state index in [1.165, 1.54) is 6.42 Å². The molecule has 0 aromatic heterocycles. The smallest absolute Gasteiger partial charge is 0.0548 e. The quantitative estimate of drug-likeness (QED) is 0.599. The summed E-state index contributed by atoms with van der Waals surface area (Å²) in [6, 6.07) is 0. The minimum atomic E-state index is -0.118. The van der Waals surface area contributed by atoms with Gasteiger partial charge in [-0.15, -0.1) is 0 Å². The second-order valence-electron chi connectivity index (χ2n) is 4.56. The SMILES string of the molecule is CC1(C)CC(O)CC(CN)C1. The third kappa shape index (κ3) is 2.46. The molecule has 2 heteroatoms. The first-order valence-corrected chi connectivity index (χ1v) is 4.41. The third-order valence-electron chi connectivity index (χ3n) is 2.57. The molecule has 0 spiro atoms. The Morgan fingerprint density at radius 1 is 1.45 bits per heavy atom. The molecule has 11 heavy (non-hydrogen) atoms. The van der Waals surface area contributed by atoms with Gasteiger partial charge in [0.05, 0.1) is 6.10 Å². The lowest BCUT2D eigenvalue weighted by atomic mass is 9.71. The zero-order valence-electron chi connectivity index (χ0n) is 7.51. The van der Waals surface area contributed by atoms with Crippen LogP contribution in [0.3, 0.4) is 0 Å². The maximum absolute atomic E-state index is 9.49. The summed E-state index contributed by atoms with van der Waals surface area (Å²) in [6.07, 6.45) is 2.89. The van der Waals surface area contributed by atoms with E-state index in [2.05, 4.69) is 13.8 Å². The van der Waals surface area contributed by atoms with Crippen LogP contribution in [-0.4, -0.2) is 17.8 Å². The predicted octanol–water partition coefficient (Wildman–Crippen LogP) is 1.13. The van der Waals surface area contributed by atoms with Crippen LogP contribution in [0.1, 0.15) is 33.1 Å². The molecule has 3 N–H and O–H groups in total. The molecule has 2 nitrogen and oxygen atoms in total. The molecule has 1 aliphatic carbocycles. The van der Waals surface area contributed by atoms with Crippen LogP contribution in [0.15, 0.2) is 0 Å². The Balaban J connectivity index is 2.51. The lowest BCUT2D eigenvalue weighted by molar-refractivity contribution is 0.0366. The Kier molecular flexibility index (Phi) is 2.55. The molecule has 1 rings (SSSR count). The molecule has 0 amide bonds. The summed E-state index contributed by atoms with van der Waals surface area (Å²) in [6.45, 7) is 5.14. The van der Waals surface area contributed by atoms with E-state index >= 15 is 0 Å². The second kappa shape index (κ2) is 3.11. The van der Waals surface area contributed by atoms with Crippen molar-refractivity contribution in [1.82, 2.24) is 0 Å². The molecule has 0 radical (unpaired) electrons. The highest BCUT2D eigenvalue weighted by Gasteiger charge is 2.32. The fraction of sp³-hybridized carbons (Fsp3) is 1.00. The molecule has 1 saturated carbocycles. The lowest BCUT2D eigenvalue weighted by Crippen LogP contribution is -2.34. The summed E-state index contributed by atoms with van der Waals surface area (Å²) in [5.74, 6) is 0.536. The second-order valence-corrected chi connectivity index (χ2v) is 4.56. The van der Waals surface area contributed by atoms with E-state index in [0.717, 1.165) is 19.4 Å². The Morgan fingerprint density at radius 2 is 2.09 bits per heavy atom. The van der Waals surface area contributed by atoms with Crippen molar-refractivity contribution in [3.8, 4) is 0 Å². The van der Waals surface area contributed by atoms with Gasteiger partial charge >= 0.3 is 0 Å². The molecule has 66 valence electrons. The van der Waals surface area contributed by atoms with Gasteiger partial charge in [-0.1, -0.05) is 13.8 Å². The maximum Gasteiger partial charge on any atom is 0.0548 e. The average Bonchev–Trinajstić information content (AvgIpc) is 1.83. The summed E-state index contributed by atoms with van der Waals surface area (Å²) >= 11 is 0. The van der Waals surface area contributed by atoms with Gasteiger partial charge in [0, 0.05) is 0 Å². The van der Waals surface area contributed by atoms with E-state index in [1.54, 1.807) is 0 Å². The Hall–Kier alpha value is -0.0800. The highest BCUT2D eigenvalue weighted by Crippen LogP contribution is 2.38. The van der Waals surface area contributed by atoms with Gasteiger partial charge in [-0.25, -0.2) is 0 Å². The first-order valence-electron chi connectivity index (χ1n) is 4.41. The monoisotopic (exact) mass is 157 g/mol. The molecule has 2 atom stereocenters. The number of aliphatic hydroxyl groups excluding tert-OH is 1. The van der Waals surface area contributed by atoms with Crippen molar-refractivity contribution in [2.24, 2.45) is 17.1 Å². The van der Waals surface area contributed by atoms with Gasteiger partial charge < -0.3 is 10.8 Å². The molecule has 1 aliphatic rings. The molecule has 1 fully saturated rings. The third-order valence-corrected chi connectivity index (χ3v) is 2.57. The van der Waals surface area contributed by atoms with E-state index < -0.39 is 0 Å². The van der Waals surface area contributed by atoms with Crippen LogP contribution in [0, 0.1) is 11.3 Å². The van der Waals surface area contributed by atoms with E-state index in [4.69, 9.17) is 5.73 Å². The number of hydrogen-bond acceptors (Lipinski definition) is 2. The van der Waals surface area contributed by atoms with E-state index in [9.17, 15) is 5.11 Å². The average molecular weight is 157 g/mol. The van der Waals surface area contributed by atoms with Crippen molar-refractivity contribution in [1.29, 1.82) is 0 Å². The van der Waals surface area contributed by atoms with Crippen molar-refractivity contribution >= 4 is 0 Å². The zero-order chi connectivity index (χ0) is 8.48. The van der Waals surface area contributed by atoms with E-state index in [1.807, 2.05) is 0 Å². The summed E-state index contributed by atoms with van der Waals surface area (Å²) in [4.78, 5) is 0. The molecule has 0 aromatic rings. The van der Waals surface area contributed by atoms with Crippen molar-refractivity contribution in [2.75, 3.05) is 6.54 Å². The number of rotatable bonds is 1. The highest BCUT2D eigenvalue weighted by molar-refractivity contribution is 4.84. The van der Waals surface area contributed by atoms with Crippen molar-refractivity contribution in [3.05, 3.63) is 0 Å². The predicted molar refractivity (Wildman–Crippen MR) is 46.2 cm³/mol. The topological polar surface area (TPSA) is 46.2 Å². The van der Waals surface area contributed by atoms with Gasteiger partial charge in [-0.05, 0) is 37.1 Å². The Morgan fingerprint density at radius 3 is 2.55 bits per heavy atom. The van der Waals surface area contributed by atoms with Crippen LogP contribution >= 0.6 is 0 Å². The fourth-order valence-electron chi connectivity index (χ4n) is 2.23. The largest absolute Gasteiger partial charge is 0.393 e. The zero-order valence-corrected chi connectivity index (χ0v) is 7.51. The molecular weight excluding hydrogens is 138 g/mol. The normalized spacial score (nSPS) is 37.1. The summed E-state index contributed by atoms with van der Waals surface area (Å²) < 4.78 is 0. The van der Waals surface area contributed by atoms with Crippen molar-refractivity contribution in [2.45, 2.75) is 39.2 Å². The van der Waals surface area contributed by atoms with E-state index in [0.29, 0.717) is 11.3 Å². The van der Waals surface area contributed by atoms with Gasteiger partial charge in [-0.3, -0.25) is 0 Å². The minimum absolute atomic E-state index is 0.118. The molecule has 2 unspecified atom stereocenters. The first-order chi connectivity index (χ1) is 5.03.